The highest BCUT2D eigenvalue weighted by molar-refractivity contribution is 5.88. The minimum Gasteiger partial charge on any atom is -0.387 e. The molecule has 0 atom stereocenters. The molecule has 68 valence electrons. The second-order valence-electron chi connectivity index (χ2n) is 2.30. The number of hydrogen-bond donors (Lipinski definition) is 1. The Morgan fingerprint density at radius 2 is 2.31 bits per heavy atom. The molecule has 0 saturated heterocycles. The minimum absolute atomic E-state index is 0.000449. The summed E-state index contributed by atoms with van der Waals surface area (Å²) in [6, 6.07) is -0.125. The van der Waals surface area contributed by atoms with Gasteiger partial charge in [0.05, 0.1) is 0 Å². The summed E-state index contributed by atoms with van der Waals surface area (Å²) in [5.74, 6) is -0.592. The van der Waals surface area contributed by atoms with E-state index in [1.807, 2.05) is 0 Å². The van der Waals surface area contributed by atoms with Gasteiger partial charge in [0, 0.05) is 5.57 Å². The molecule has 0 unspecified atom stereocenters. The first kappa shape index (κ1) is 9.11. The quantitative estimate of drug-likeness (QED) is 0.506. The number of nitrogen functional groups attached to an aromatic ring is 1. The standard InChI is InChI=1S/C7H8N4O2/c1-4(2)5(12)13-7-10-3-9-6(8)11-7/h3H,1H2,2H3,(H2,8,9,10,11). The molecule has 0 radical (unpaired) electrons. The van der Waals surface area contributed by atoms with Gasteiger partial charge in [-0.3, -0.25) is 0 Å². The molecule has 0 aliphatic heterocycles. The molecule has 6 heteroatoms. The topological polar surface area (TPSA) is 91.0 Å². The van der Waals surface area contributed by atoms with Crippen LogP contribution in [0.15, 0.2) is 18.5 Å². The molecule has 6 nitrogen and oxygen atoms in total. The summed E-state index contributed by atoms with van der Waals surface area (Å²) in [7, 11) is 0. The Labute approximate surface area is 74.5 Å². The fourth-order valence-corrected chi connectivity index (χ4v) is 0.512. The summed E-state index contributed by atoms with van der Waals surface area (Å²) < 4.78 is 4.68. The number of esters is 1. The first-order valence-corrected chi connectivity index (χ1v) is 3.42. The number of hydrogen-bond acceptors (Lipinski definition) is 6. The fourth-order valence-electron chi connectivity index (χ4n) is 0.512. The van der Waals surface area contributed by atoms with Crippen LogP contribution in [0.25, 0.3) is 0 Å². The maximum absolute atomic E-state index is 11.0. The van der Waals surface area contributed by atoms with Gasteiger partial charge < -0.3 is 10.5 Å². The number of carbonyl (C=O) groups is 1. The summed E-state index contributed by atoms with van der Waals surface area (Å²) in [6.45, 7) is 4.92. The number of nitrogens with zero attached hydrogens (tertiary/aromatic N) is 3. The molecule has 0 bridgehead atoms. The Morgan fingerprint density at radius 3 is 2.85 bits per heavy atom. The van der Waals surface area contributed by atoms with Crippen LogP contribution in [0.3, 0.4) is 0 Å². The molecule has 0 aromatic carbocycles. The summed E-state index contributed by atoms with van der Waals surface area (Å²) in [5, 5.41) is 0. The molecule has 0 spiro atoms. The Hall–Kier alpha value is -1.98. The van der Waals surface area contributed by atoms with Gasteiger partial charge in [-0.1, -0.05) is 6.58 Å². The first-order valence-electron chi connectivity index (χ1n) is 3.42. The average molecular weight is 180 g/mol. The van der Waals surface area contributed by atoms with E-state index in [0.717, 1.165) is 6.33 Å². The first-order chi connectivity index (χ1) is 6.09. The van der Waals surface area contributed by atoms with Crippen LogP contribution in [0.2, 0.25) is 0 Å². The Balaban J connectivity index is 2.75. The van der Waals surface area contributed by atoms with Crippen molar-refractivity contribution in [3.63, 3.8) is 0 Å². The molecule has 0 saturated carbocycles. The Kier molecular flexibility index (Phi) is 2.53. The molecular formula is C7H8N4O2. The van der Waals surface area contributed by atoms with E-state index in [9.17, 15) is 4.79 Å². The number of aromatic nitrogens is 3. The van der Waals surface area contributed by atoms with Crippen molar-refractivity contribution >= 4 is 11.9 Å². The van der Waals surface area contributed by atoms with Crippen molar-refractivity contribution in [2.24, 2.45) is 0 Å². The monoisotopic (exact) mass is 180 g/mol. The zero-order valence-electron chi connectivity index (χ0n) is 7.02. The van der Waals surface area contributed by atoms with Crippen LogP contribution >= 0.6 is 0 Å². The molecule has 1 aromatic rings. The van der Waals surface area contributed by atoms with Gasteiger partial charge in [-0.05, 0) is 6.92 Å². The summed E-state index contributed by atoms with van der Waals surface area (Å²) in [6.07, 6.45) is 1.16. The lowest BCUT2D eigenvalue weighted by atomic mass is 10.4. The van der Waals surface area contributed by atoms with Crippen molar-refractivity contribution in [1.29, 1.82) is 0 Å². The van der Waals surface area contributed by atoms with Crippen LogP contribution in [-0.4, -0.2) is 20.9 Å². The van der Waals surface area contributed by atoms with Crippen LogP contribution < -0.4 is 10.5 Å². The molecule has 13 heavy (non-hydrogen) atoms. The number of nitrogens with two attached hydrogens (primary N) is 1. The van der Waals surface area contributed by atoms with Crippen molar-refractivity contribution in [1.82, 2.24) is 15.0 Å². The Morgan fingerprint density at radius 1 is 1.62 bits per heavy atom. The molecule has 1 heterocycles. The molecule has 0 fully saturated rings. The van der Waals surface area contributed by atoms with E-state index in [1.54, 1.807) is 0 Å². The van der Waals surface area contributed by atoms with Gasteiger partial charge in [-0.2, -0.15) is 9.97 Å². The zero-order valence-corrected chi connectivity index (χ0v) is 7.02. The zero-order chi connectivity index (χ0) is 9.84. The van der Waals surface area contributed by atoms with E-state index < -0.39 is 5.97 Å². The predicted octanol–water partition coefficient (Wildman–Crippen LogP) is -0.0647. The van der Waals surface area contributed by atoms with E-state index in [-0.39, 0.29) is 17.5 Å². The van der Waals surface area contributed by atoms with Crippen molar-refractivity contribution in [3.8, 4) is 6.01 Å². The third-order valence-corrected chi connectivity index (χ3v) is 1.10. The molecule has 0 aliphatic carbocycles. The second-order valence-corrected chi connectivity index (χ2v) is 2.30. The van der Waals surface area contributed by atoms with Crippen LogP contribution in [0.1, 0.15) is 6.92 Å². The smallest absolute Gasteiger partial charge is 0.340 e. The van der Waals surface area contributed by atoms with Gasteiger partial charge in [-0.25, -0.2) is 9.78 Å². The van der Waals surface area contributed by atoms with Crippen molar-refractivity contribution < 1.29 is 9.53 Å². The summed E-state index contributed by atoms with van der Waals surface area (Å²) in [4.78, 5) is 21.6. The van der Waals surface area contributed by atoms with Gasteiger partial charge in [-0.15, -0.1) is 0 Å². The van der Waals surface area contributed by atoms with Gasteiger partial charge in [0.15, 0.2) is 0 Å². The number of ether oxygens (including phenoxy) is 1. The molecule has 1 aromatic heterocycles. The van der Waals surface area contributed by atoms with Crippen LogP contribution in [0.4, 0.5) is 5.95 Å². The molecule has 0 amide bonds. The third kappa shape index (κ3) is 2.51. The van der Waals surface area contributed by atoms with Crippen LogP contribution in [-0.2, 0) is 4.79 Å². The van der Waals surface area contributed by atoms with E-state index >= 15 is 0 Å². The highest BCUT2D eigenvalue weighted by Crippen LogP contribution is 2.03. The third-order valence-electron chi connectivity index (χ3n) is 1.10. The van der Waals surface area contributed by atoms with Crippen molar-refractivity contribution in [2.45, 2.75) is 6.92 Å². The molecule has 1 rings (SSSR count). The molecule has 0 aliphatic rings. The molecular weight excluding hydrogens is 172 g/mol. The lowest BCUT2D eigenvalue weighted by Crippen LogP contribution is -2.11. The summed E-state index contributed by atoms with van der Waals surface area (Å²) >= 11 is 0. The summed E-state index contributed by atoms with van der Waals surface area (Å²) in [5.41, 5.74) is 5.50. The second kappa shape index (κ2) is 3.61. The predicted molar refractivity (Wildman–Crippen MR) is 44.7 cm³/mol. The Bertz CT molecular complexity index is 350. The van der Waals surface area contributed by atoms with Gasteiger partial charge in [0.25, 0.3) is 0 Å². The normalized spacial score (nSPS) is 9.31. The average Bonchev–Trinajstić information content (AvgIpc) is 2.04. The maximum atomic E-state index is 11.0. The number of carbonyl (C=O) groups excluding carboxylic acids is 1. The minimum atomic E-state index is -0.592. The number of rotatable bonds is 2. The van der Waals surface area contributed by atoms with E-state index in [4.69, 9.17) is 5.73 Å². The van der Waals surface area contributed by atoms with Gasteiger partial charge in [0.1, 0.15) is 6.33 Å². The SMILES string of the molecule is C=C(C)C(=O)Oc1ncnc(N)n1. The highest BCUT2D eigenvalue weighted by Gasteiger charge is 2.07. The largest absolute Gasteiger partial charge is 0.387 e. The van der Waals surface area contributed by atoms with E-state index in [2.05, 4.69) is 26.3 Å². The van der Waals surface area contributed by atoms with E-state index in [1.165, 1.54) is 6.92 Å². The molecule has 2 N–H and O–H groups in total. The van der Waals surface area contributed by atoms with Crippen molar-refractivity contribution in [3.05, 3.63) is 18.5 Å². The van der Waals surface area contributed by atoms with Crippen molar-refractivity contribution in [2.75, 3.05) is 5.73 Å². The lowest BCUT2D eigenvalue weighted by molar-refractivity contribution is -0.130. The van der Waals surface area contributed by atoms with Gasteiger partial charge >= 0.3 is 12.0 Å². The van der Waals surface area contributed by atoms with Crippen LogP contribution in [0, 0.1) is 0 Å². The van der Waals surface area contributed by atoms with Crippen LogP contribution in [0.5, 0.6) is 6.01 Å². The number of anilines is 1. The fraction of sp³-hybridized carbons (Fsp3) is 0.143. The lowest BCUT2D eigenvalue weighted by Gasteiger charge is -2.00. The van der Waals surface area contributed by atoms with Gasteiger partial charge in [0.2, 0.25) is 5.95 Å². The maximum Gasteiger partial charge on any atom is 0.340 e. The van der Waals surface area contributed by atoms with E-state index in [0.29, 0.717) is 0 Å². The highest BCUT2D eigenvalue weighted by atomic mass is 16.5.